The van der Waals surface area contributed by atoms with Crippen molar-refractivity contribution in [1.29, 1.82) is 0 Å². The van der Waals surface area contributed by atoms with Gasteiger partial charge in [0.1, 0.15) is 23.9 Å². The molecule has 0 aliphatic rings. The molecule has 2 rings (SSSR count). The van der Waals surface area contributed by atoms with Crippen LogP contribution in [0.2, 0.25) is 0 Å². The number of carbonyl (C=O) groups is 5. The first-order valence-electron chi connectivity index (χ1n) is 12.8. The number of aromatic amines is 1. The van der Waals surface area contributed by atoms with Crippen molar-refractivity contribution in [3.63, 3.8) is 0 Å². The van der Waals surface area contributed by atoms with Crippen LogP contribution in [0.15, 0.2) is 36.8 Å². The molecule has 218 valence electrons. The van der Waals surface area contributed by atoms with Crippen molar-refractivity contribution in [2.75, 3.05) is 0 Å². The first-order chi connectivity index (χ1) is 18.9. The Balaban J connectivity index is 2.23. The normalized spacial score (nSPS) is 14.7. The molecule has 5 unspecified atom stereocenters. The number of rotatable bonds is 16. The number of aromatic hydroxyl groups is 1. The summed E-state index contributed by atoms with van der Waals surface area (Å²) in [5, 5.41) is 35.5. The molecule has 0 radical (unpaired) electrons. The number of aromatic nitrogens is 2. The van der Waals surface area contributed by atoms with Crippen LogP contribution >= 0.6 is 0 Å². The molecule has 0 saturated carbocycles. The van der Waals surface area contributed by atoms with E-state index >= 15 is 0 Å². The van der Waals surface area contributed by atoms with E-state index in [0.717, 1.165) is 0 Å². The summed E-state index contributed by atoms with van der Waals surface area (Å²) in [4.78, 5) is 68.7. The molecule has 3 amide bonds. The third-order valence-electron chi connectivity index (χ3n) is 6.40. The number of carbonyl (C=O) groups excluding carboxylic acids is 3. The zero-order chi connectivity index (χ0) is 29.8. The van der Waals surface area contributed by atoms with Crippen molar-refractivity contribution < 1.29 is 39.3 Å². The Morgan fingerprint density at radius 2 is 1.60 bits per heavy atom. The van der Waals surface area contributed by atoms with Gasteiger partial charge in [-0.25, -0.2) is 9.78 Å². The van der Waals surface area contributed by atoms with Gasteiger partial charge < -0.3 is 42.0 Å². The summed E-state index contributed by atoms with van der Waals surface area (Å²) in [5.74, 6) is -5.17. The molecule has 0 aliphatic carbocycles. The average molecular weight is 561 g/mol. The van der Waals surface area contributed by atoms with Crippen molar-refractivity contribution in [3.8, 4) is 5.75 Å². The minimum Gasteiger partial charge on any atom is -0.508 e. The zero-order valence-electron chi connectivity index (χ0n) is 22.3. The van der Waals surface area contributed by atoms with Gasteiger partial charge in [0.05, 0.1) is 12.4 Å². The molecule has 40 heavy (non-hydrogen) atoms. The van der Waals surface area contributed by atoms with E-state index in [-0.39, 0.29) is 30.9 Å². The lowest BCUT2D eigenvalue weighted by Gasteiger charge is -2.28. The molecular weight excluding hydrogens is 524 g/mol. The lowest BCUT2D eigenvalue weighted by Crippen LogP contribution is -2.59. The van der Waals surface area contributed by atoms with Crippen molar-refractivity contribution >= 4 is 29.7 Å². The quantitative estimate of drug-likeness (QED) is 0.133. The van der Waals surface area contributed by atoms with Gasteiger partial charge in [-0.2, -0.15) is 0 Å². The summed E-state index contributed by atoms with van der Waals surface area (Å²) < 4.78 is 0. The van der Waals surface area contributed by atoms with Gasteiger partial charge in [-0.05, 0) is 30.0 Å². The van der Waals surface area contributed by atoms with E-state index in [9.17, 15) is 34.2 Å². The predicted octanol–water partition coefficient (Wildman–Crippen LogP) is -0.322. The minimum absolute atomic E-state index is 0.0144. The second kappa shape index (κ2) is 15.2. The fourth-order valence-electron chi connectivity index (χ4n) is 3.82. The Hall–Kier alpha value is -4.46. The zero-order valence-corrected chi connectivity index (χ0v) is 22.3. The van der Waals surface area contributed by atoms with Crippen LogP contribution in [0.4, 0.5) is 0 Å². The number of nitrogens with one attached hydrogen (secondary N) is 4. The van der Waals surface area contributed by atoms with E-state index in [1.54, 1.807) is 6.92 Å². The lowest BCUT2D eigenvalue weighted by atomic mass is 9.96. The molecule has 1 aromatic heterocycles. The monoisotopic (exact) mass is 560 g/mol. The van der Waals surface area contributed by atoms with E-state index in [0.29, 0.717) is 17.7 Å². The third-order valence-corrected chi connectivity index (χ3v) is 6.40. The Morgan fingerprint density at radius 3 is 2.15 bits per heavy atom. The smallest absolute Gasteiger partial charge is 0.326 e. The maximum absolute atomic E-state index is 13.4. The molecular formula is C26H36N6O8. The van der Waals surface area contributed by atoms with Gasteiger partial charge in [-0.3, -0.25) is 19.2 Å². The van der Waals surface area contributed by atoms with Crippen LogP contribution in [0.5, 0.6) is 5.75 Å². The Morgan fingerprint density at radius 1 is 0.950 bits per heavy atom. The average Bonchev–Trinajstić information content (AvgIpc) is 3.42. The predicted molar refractivity (Wildman–Crippen MR) is 142 cm³/mol. The van der Waals surface area contributed by atoms with Gasteiger partial charge in [0.2, 0.25) is 17.7 Å². The molecule has 1 heterocycles. The van der Waals surface area contributed by atoms with Crippen LogP contribution in [0.25, 0.3) is 0 Å². The van der Waals surface area contributed by atoms with Crippen LogP contribution in [-0.4, -0.2) is 79.1 Å². The van der Waals surface area contributed by atoms with E-state index in [1.165, 1.54) is 36.8 Å². The highest BCUT2D eigenvalue weighted by atomic mass is 16.4. The second-order valence-electron chi connectivity index (χ2n) is 9.52. The van der Waals surface area contributed by atoms with Gasteiger partial charge in [0, 0.05) is 31.2 Å². The molecule has 0 saturated heterocycles. The highest BCUT2D eigenvalue weighted by Gasteiger charge is 2.33. The topological polar surface area (TPSA) is 237 Å². The molecule has 0 bridgehead atoms. The van der Waals surface area contributed by atoms with Gasteiger partial charge in [0.25, 0.3) is 0 Å². The Kier molecular flexibility index (Phi) is 12.1. The molecule has 0 aliphatic heterocycles. The number of aliphatic carboxylic acids is 2. The van der Waals surface area contributed by atoms with Crippen LogP contribution in [0.3, 0.4) is 0 Å². The first kappa shape index (κ1) is 31.8. The lowest BCUT2D eigenvalue weighted by molar-refractivity contribution is -0.143. The van der Waals surface area contributed by atoms with Crippen molar-refractivity contribution in [2.45, 2.75) is 70.1 Å². The number of nitrogens with two attached hydrogens (primary N) is 1. The maximum atomic E-state index is 13.4. The maximum Gasteiger partial charge on any atom is 0.326 e. The van der Waals surface area contributed by atoms with E-state index in [1.807, 2.05) is 6.92 Å². The largest absolute Gasteiger partial charge is 0.508 e. The van der Waals surface area contributed by atoms with Gasteiger partial charge in [-0.15, -0.1) is 0 Å². The van der Waals surface area contributed by atoms with Gasteiger partial charge in [0.15, 0.2) is 0 Å². The Bertz CT molecular complexity index is 1150. The fraction of sp³-hybridized carbons (Fsp3) is 0.462. The number of hydrogen-bond acceptors (Lipinski definition) is 8. The number of amides is 3. The van der Waals surface area contributed by atoms with E-state index in [2.05, 4.69) is 25.9 Å². The van der Waals surface area contributed by atoms with Crippen molar-refractivity contribution in [2.24, 2.45) is 11.7 Å². The van der Waals surface area contributed by atoms with Crippen LogP contribution in [0, 0.1) is 5.92 Å². The number of hydrogen-bond donors (Lipinski definition) is 8. The van der Waals surface area contributed by atoms with Gasteiger partial charge in [-0.1, -0.05) is 32.4 Å². The molecule has 1 aromatic carbocycles. The second-order valence-corrected chi connectivity index (χ2v) is 9.52. The number of nitrogens with zero attached hydrogens (tertiary/aromatic N) is 1. The molecule has 0 fully saturated rings. The third kappa shape index (κ3) is 10.0. The summed E-state index contributed by atoms with van der Waals surface area (Å²) in [6, 6.07) is 1.00. The van der Waals surface area contributed by atoms with Gasteiger partial charge >= 0.3 is 11.9 Å². The van der Waals surface area contributed by atoms with Crippen molar-refractivity contribution in [3.05, 3.63) is 48.0 Å². The molecule has 14 nitrogen and oxygen atoms in total. The Labute approximate surface area is 230 Å². The highest BCUT2D eigenvalue weighted by Crippen LogP contribution is 2.14. The van der Waals surface area contributed by atoms with E-state index in [4.69, 9.17) is 10.8 Å². The molecule has 14 heteroatoms. The highest BCUT2D eigenvalue weighted by molar-refractivity contribution is 5.94. The number of carboxylic acid groups (broad SMARTS) is 2. The number of carboxylic acids is 2. The fourth-order valence-corrected chi connectivity index (χ4v) is 3.82. The molecule has 0 spiro atoms. The molecule has 2 aromatic rings. The molecule has 5 atom stereocenters. The number of imidazole rings is 1. The number of benzene rings is 1. The standard InChI is InChI=1S/C26H36N6O8/c1-3-14(2)22(32-23(36)18(27)11-16-12-28-13-29-16)25(38)31-20(10-15-4-6-17(33)7-5-15)24(37)30-19(26(39)40)8-9-21(34)35/h4-7,12-14,18-20,22,33H,3,8-11,27H2,1-2H3,(H,28,29)(H,30,37)(H,31,38)(H,32,36)(H,34,35)(H,39,40). The number of phenols is 1. The number of phenolic OH excluding ortho intramolecular Hbond substituents is 1. The summed E-state index contributed by atoms with van der Waals surface area (Å²) in [6.07, 6.45) is 2.69. The summed E-state index contributed by atoms with van der Waals surface area (Å²) in [7, 11) is 0. The van der Waals surface area contributed by atoms with E-state index < -0.39 is 60.2 Å². The molecule has 9 N–H and O–H groups in total. The minimum atomic E-state index is -1.51. The van der Waals surface area contributed by atoms with Crippen LogP contribution in [0.1, 0.15) is 44.4 Å². The van der Waals surface area contributed by atoms with Crippen molar-refractivity contribution in [1.82, 2.24) is 25.9 Å². The first-order valence-corrected chi connectivity index (χ1v) is 12.8. The SMILES string of the molecule is CCC(C)C(NC(=O)C(N)Cc1cnc[nH]1)C(=O)NC(Cc1ccc(O)cc1)C(=O)NC(CCC(=O)O)C(=O)O. The van der Waals surface area contributed by atoms with Crippen LogP contribution < -0.4 is 21.7 Å². The summed E-state index contributed by atoms with van der Waals surface area (Å²) >= 11 is 0. The van der Waals surface area contributed by atoms with Crippen LogP contribution in [-0.2, 0) is 36.8 Å². The number of H-pyrrole nitrogens is 1. The summed E-state index contributed by atoms with van der Waals surface area (Å²) in [6.45, 7) is 3.56. The summed E-state index contributed by atoms with van der Waals surface area (Å²) in [5.41, 5.74) is 7.20.